The molecule has 0 saturated heterocycles. The fourth-order valence-electron chi connectivity index (χ4n) is 2.47. The van der Waals surface area contributed by atoms with Crippen molar-refractivity contribution in [2.45, 2.75) is 50.7 Å². The van der Waals surface area contributed by atoms with Gasteiger partial charge in [0.05, 0.1) is 11.8 Å². The summed E-state index contributed by atoms with van der Waals surface area (Å²) in [4.78, 5) is 11.6. The largest absolute Gasteiger partial charge is 0.481 e. The molecule has 94 valence electrons. The summed E-state index contributed by atoms with van der Waals surface area (Å²) in [5.41, 5.74) is -0.279. The molecule has 0 unspecified atom stereocenters. The van der Waals surface area contributed by atoms with Gasteiger partial charge in [0, 0.05) is 12.7 Å². The molecule has 1 saturated carbocycles. The van der Waals surface area contributed by atoms with Crippen LogP contribution in [0.3, 0.4) is 0 Å². The zero-order valence-corrected chi connectivity index (χ0v) is 9.96. The predicted octanol–water partition coefficient (Wildman–Crippen LogP) is 1.16. The van der Waals surface area contributed by atoms with Crippen molar-refractivity contribution in [1.29, 1.82) is 0 Å². The number of aromatic nitrogens is 2. The summed E-state index contributed by atoms with van der Waals surface area (Å²) >= 11 is 0. The van der Waals surface area contributed by atoms with E-state index in [1.165, 1.54) is 0 Å². The highest BCUT2D eigenvalue weighted by molar-refractivity contribution is 5.80. The second-order valence-electron chi connectivity index (χ2n) is 4.68. The van der Waals surface area contributed by atoms with E-state index in [9.17, 15) is 15.0 Å². The zero-order chi connectivity index (χ0) is 12.5. The van der Waals surface area contributed by atoms with Crippen LogP contribution >= 0.6 is 0 Å². The van der Waals surface area contributed by atoms with Gasteiger partial charge < -0.3 is 10.2 Å². The Morgan fingerprint density at radius 1 is 1.59 bits per heavy atom. The highest BCUT2D eigenvalue weighted by Gasteiger charge is 2.45. The van der Waals surface area contributed by atoms with Crippen molar-refractivity contribution in [1.82, 2.24) is 9.78 Å². The lowest BCUT2D eigenvalue weighted by Crippen LogP contribution is -2.41. The van der Waals surface area contributed by atoms with Gasteiger partial charge in [0.2, 0.25) is 0 Å². The van der Waals surface area contributed by atoms with Crippen molar-refractivity contribution >= 4 is 5.97 Å². The third-order valence-corrected chi connectivity index (χ3v) is 3.67. The minimum atomic E-state index is -0.903. The van der Waals surface area contributed by atoms with Gasteiger partial charge >= 0.3 is 5.97 Å². The van der Waals surface area contributed by atoms with Gasteiger partial charge in [-0.3, -0.25) is 9.48 Å². The number of carboxylic acid groups (broad SMARTS) is 1. The summed E-state index contributed by atoms with van der Waals surface area (Å²) in [6, 6.07) is 1.79. The lowest BCUT2D eigenvalue weighted by Gasteiger charge is -2.33. The SMILES string of the molecule is CCn1ccc(C2(C(=O)O)CCC(O)CC2)n1. The number of aliphatic hydroxyl groups excluding tert-OH is 1. The van der Waals surface area contributed by atoms with Crippen LogP contribution in [-0.2, 0) is 16.8 Å². The molecule has 0 atom stereocenters. The molecular weight excluding hydrogens is 220 g/mol. The highest BCUT2D eigenvalue weighted by Crippen LogP contribution is 2.39. The molecule has 17 heavy (non-hydrogen) atoms. The molecule has 0 aromatic carbocycles. The molecule has 1 aliphatic rings. The third kappa shape index (κ3) is 2.07. The first-order valence-corrected chi connectivity index (χ1v) is 6.04. The number of carboxylic acids is 1. The molecule has 5 heteroatoms. The van der Waals surface area contributed by atoms with Crippen molar-refractivity contribution in [3.8, 4) is 0 Å². The zero-order valence-electron chi connectivity index (χ0n) is 9.96. The van der Waals surface area contributed by atoms with E-state index < -0.39 is 11.4 Å². The lowest BCUT2D eigenvalue weighted by atomic mass is 9.71. The van der Waals surface area contributed by atoms with E-state index in [-0.39, 0.29) is 6.10 Å². The van der Waals surface area contributed by atoms with Gasteiger partial charge in [-0.1, -0.05) is 0 Å². The number of rotatable bonds is 3. The monoisotopic (exact) mass is 238 g/mol. The molecule has 1 aliphatic carbocycles. The van der Waals surface area contributed by atoms with Crippen LogP contribution in [0.15, 0.2) is 12.3 Å². The number of hydrogen-bond donors (Lipinski definition) is 2. The molecule has 0 amide bonds. The Morgan fingerprint density at radius 3 is 2.71 bits per heavy atom. The van der Waals surface area contributed by atoms with Gasteiger partial charge in [0.15, 0.2) is 0 Å². The van der Waals surface area contributed by atoms with E-state index in [4.69, 9.17) is 0 Å². The molecule has 1 fully saturated rings. The number of nitrogens with zero attached hydrogens (tertiary/aromatic N) is 2. The maximum Gasteiger partial charge on any atom is 0.315 e. The predicted molar refractivity (Wildman–Crippen MR) is 61.7 cm³/mol. The van der Waals surface area contributed by atoms with E-state index in [1.807, 2.05) is 13.1 Å². The Bertz CT molecular complexity index is 406. The second-order valence-corrected chi connectivity index (χ2v) is 4.68. The molecule has 0 spiro atoms. The summed E-state index contributed by atoms with van der Waals surface area (Å²) in [5, 5.41) is 23.3. The van der Waals surface area contributed by atoms with Gasteiger partial charge in [-0.2, -0.15) is 5.10 Å². The number of aryl methyl sites for hydroxylation is 1. The molecule has 0 aliphatic heterocycles. The molecule has 2 N–H and O–H groups in total. The molecule has 0 radical (unpaired) electrons. The Hall–Kier alpha value is -1.36. The molecule has 1 aromatic rings. The van der Waals surface area contributed by atoms with Gasteiger partial charge in [-0.25, -0.2) is 0 Å². The van der Waals surface area contributed by atoms with E-state index >= 15 is 0 Å². The van der Waals surface area contributed by atoms with E-state index in [1.54, 1.807) is 10.7 Å². The minimum absolute atomic E-state index is 0.365. The van der Waals surface area contributed by atoms with E-state index in [0.717, 1.165) is 6.54 Å². The Balaban J connectivity index is 2.31. The van der Waals surface area contributed by atoms with Crippen LogP contribution in [0.4, 0.5) is 0 Å². The van der Waals surface area contributed by atoms with Crippen molar-refractivity contribution < 1.29 is 15.0 Å². The number of carbonyl (C=O) groups is 1. The number of aliphatic hydroxyl groups is 1. The van der Waals surface area contributed by atoms with Crippen LogP contribution in [0, 0.1) is 0 Å². The summed E-state index contributed by atoms with van der Waals surface area (Å²) in [5.74, 6) is -0.828. The van der Waals surface area contributed by atoms with Crippen molar-refractivity contribution in [3.63, 3.8) is 0 Å². The number of aliphatic carboxylic acids is 1. The topological polar surface area (TPSA) is 75.4 Å². The minimum Gasteiger partial charge on any atom is -0.481 e. The van der Waals surface area contributed by atoms with Crippen LogP contribution in [0.2, 0.25) is 0 Å². The average Bonchev–Trinajstić information content (AvgIpc) is 2.79. The van der Waals surface area contributed by atoms with Crippen molar-refractivity contribution in [2.75, 3.05) is 0 Å². The molecule has 1 aromatic heterocycles. The average molecular weight is 238 g/mol. The van der Waals surface area contributed by atoms with Gasteiger partial charge in [0.1, 0.15) is 5.41 Å². The van der Waals surface area contributed by atoms with Gasteiger partial charge in [0.25, 0.3) is 0 Å². The molecule has 5 nitrogen and oxygen atoms in total. The van der Waals surface area contributed by atoms with E-state index in [0.29, 0.717) is 31.4 Å². The summed E-state index contributed by atoms with van der Waals surface area (Å²) in [6.45, 7) is 2.70. The lowest BCUT2D eigenvalue weighted by molar-refractivity contribution is -0.146. The van der Waals surface area contributed by atoms with Crippen LogP contribution in [0.5, 0.6) is 0 Å². The first kappa shape index (κ1) is 12.1. The Morgan fingerprint density at radius 2 is 2.24 bits per heavy atom. The first-order valence-electron chi connectivity index (χ1n) is 6.04. The smallest absolute Gasteiger partial charge is 0.315 e. The van der Waals surface area contributed by atoms with Gasteiger partial charge in [-0.05, 0) is 38.7 Å². The Labute approximate surface area is 100 Å². The number of hydrogen-bond acceptors (Lipinski definition) is 3. The summed E-state index contributed by atoms with van der Waals surface area (Å²) in [7, 11) is 0. The van der Waals surface area contributed by atoms with Crippen LogP contribution in [-0.4, -0.2) is 32.1 Å². The van der Waals surface area contributed by atoms with Crippen molar-refractivity contribution in [2.24, 2.45) is 0 Å². The maximum absolute atomic E-state index is 11.6. The second kappa shape index (κ2) is 4.49. The van der Waals surface area contributed by atoms with Crippen molar-refractivity contribution in [3.05, 3.63) is 18.0 Å². The standard InChI is InChI=1S/C12H18N2O3/c1-2-14-8-5-10(13-14)12(11(16)17)6-3-9(15)4-7-12/h5,8-9,15H,2-4,6-7H2,1H3,(H,16,17). The fourth-order valence-corrected chi connectivity index (χ4v) is 2.47. The molecule has 1 heterocycles. The first-order chi connectivity index (χ1) is 8.08. The van der Waals surface area contributed by atoms with E-state index in [2.05, 4.69) is 5.10 Å². The van der Waals surface area contributed by atoms with Crippen LogP contribution in [0.25, 0.3) is 0 Å². The summed E-state index contributed by atoms with van der Waals surface area (Å²) in [6.07, 6.45) is 3.44. The third-order valence-electron chi connectivity index (χ3n) is 3.67. The molecule has 2 rings (SSSR count). The fraction of sp³-hybridized carbons (Fsp3) is 0.667. The normalized spacial score (nSPS) is 29.2. The quantitative estimate of drug-likeness (QED) is 0.828. The molecular formula is C12H18N2O3. The van der Waals surface area contributed by atoms with Crippen LogP contribution < -0.4 is 0 Å². The van der Waals surface area contributed by atoms with Crippen LogP contribution in [0.1, 0.15) is 38.3 Å². The summed E-state index contributed by atoms with van der Waals surface area (Å²) < 4.78 is 1.74. The maximum atomic E-state index is 11.6. The van der Waals surface area contributed by atoms with Gasteiger partial charge in [-0.15, -0.1) is 0 Å². The highest BCUT2D eigenvalue weighted by atomic mass is 16.4. The Kier molecular flexibility index (Phi) is 3.19. The molecule has 0 bridgehead atoms.